The molecule has 3 aliphatic heterocycles. The molecular weight excluding hydrogens is 569 g/mol. The Morgan fingerprint density at radius 3 is 2.92 bits per heavy atom. The number of phosphoric acid groups is 1. The van der Waals surface area contributed by atoms with Crippen molar-refractivity contribution in [1.82, 2.24) is 19.5 Å². The molecule has 2 N–H and O–H groups in total. The topological polar surface area (TPSA) is 168 Å². The van der Waals surface area contributed by atoms with Crippen molar-refractivity contribution in [2.24, 2.45) is 0 Å². The van der Waals surface area contributed by atoms with E-state index in [1.54, 1.807) is 29.7 Å². The number of nitrogen functional groups attached to an aromatic ring is 1. The Hall–Kier alpha value is -3.00. The molecule has 0 aliphatic carbocycles. The number of fused-ring (bicyclic) bond motifs is 2. The third-order valence-electron chi connectivity index (χ3n) is 6.74. The van der Waals surface area contributed by atoms with E-state index < -0.39 is 44.1 Å². The van der Waals surface area contributed by atoms with Crippen LogP contribution in [0.1, 0.15) is 45.1 Å². The highest BCUT2D eigenvalue weighted by atomic mass is 35.5. The van der Waals surface area contributed by atoms with Gasteiger partial charge in [-0.25, -0.2) is 14.3 Å². The number of nitrogens with zero attached hydrogens (tertiary/aromatic N) is 4. The molecule has 0 radical (unpaired) electrons. The number of carbonyl (C=O) groups is 1. The predicted molar refractivity (Wildman–Crippen MR) is 139 cm³/mol. The highest BCUT2D eigenvalue weighted by Gasteiger charge is 2.64. The fourth-order valence-corrected chi connectivity index (χ4v) is 6.64. The maximum Gasteiger partial charge on any atom is 0.509 e. The Balaban J connectivity index is 1.26. The summed E-state index contributed by atoms with van der Waals surface area (Å²) in [7, 11) is -4.00. The van der Waals surface area contributed by atoms with Crippen LogP contribution in [-0.4, -0.2) is 62.8 Å². The Morgan fingerprint density at radius 2 is 2.15 bits per heavy atom. The van der Waals surface area contributed by atoms with E-state index in [4.69, 9.17) is 49.9 Å². The fraction of sp³-hybridized carbons (Fsp3) is 0.500. The van der Waals surface area contributed by atoms with Crippen LogP contribution in [0.3, 0.4) is 0 Å². The number of rotatable bonds is 7. The van der Waals surface area contributed by atoms with Crippen LogP contribution in [0.4, 0.5) is 10.7 Å². The fourth-order valence-electron chi connectivity index (χ4n) is 5.05. The van der Waals surface area contributed by atoms with Crippen molar-refractivity contribution in [3.8, 4) is 5.88 Å². The Morgan fingerprint density at radius 1 is 1.32 bits per heavy atom. The van der Waals surface area contributed by atoms with Crippen molar-refractivity contribution in [2.75, 3.05) is 18.9 Å². The summed E-state index contributed by atoms with van der Waals surface area (Å²) in [4.78, 5) is 25.0. The monoisotopic (exact) mass is 595 g/mol. The van der Waals surface area contributed by atoms with Crippen molar-refractivity contribution in [3.63, 3.8) is 0 Å². The maximum absolute atomic E-state index is 13.4. The minimum Gasteiger partial charge on any atom is -0.473 e. The number of hydrogen-bond donors (Lipinski definition) is 1. The molecule has 214 valence electrons. The van der Waals surface area contributed by atoms with Gasteiger partial charge in [-0.3, -0.25) is 18.1 Å². The third kappa shape index (κ3) is 4.89. The van der Waals surface area contributed by atoms with E-state index in [2.05, 4.69) is 15.0 Å². The van der Waals surface area contributed by atoms with Crippen molar-refractivity contribution >= 4 is 42.7 Å². The number of carbonyl (C=O) groups excluding carboxylic acids is 1. The lowest BCUT2D eigenvalue weighted by Gasteiger charge is -2.30. The standard InChI is InChI=1S/C24H27ClN5O9P/c1-12(2)35-20-17-19(28-22(26)29-20)27-11-30(17)21-24(3)18(37-23(31)38-24)16(36-21)10-34-40(32)33-8-7-15(39-40)13-5-4-6-14(25)9-13/h4-6,9,11-12,15-16,18,21H,7-8,10H2,1-3H3,(H2,26,28,29)/t15-,16+,18+,21+,24+,40+/m0/s1. The van der Waals surface area contributed by atoms with Gasteiger partial charge in [0.15, 0.2) is 29.1 Å². The number of imidazole rings is 1. The molecule has 2 aromatic heterocycles. The largest absolute Gasteiger partial charge is 0.509 e. The van der Waals surface area contributed by atoms with Gasteiger partial charge in [-0.15, -0.1) is 0 Å². The molecule has 0 bridgehead atoms. The molecule has 3 aromatic rings. The molecule has 0 unspecified atom stereocenters. The first kappa shape index (κ1) is 27.2. The first-order valence-corrected chi connectivity index (χ1v) is 14.4. The van der Waals surface area contributed by atoms with Gasteiger partial charge in [0.05, 0.1) is 25.4 Å². The molecule has 6 rings (SSSR count). The number of phosphoric ester groups is 1. The van der Waals surface area contributed by atoms with Gasteiger partial charge in [0.1, 0.15) is 12.4 Å². The summed E-state index contributed by atoms with van der Waals surface area (Å²) in [5.41, 5.74) is 5.92. The zero-order valence-corrected chi connectivity index (χ0v) is 23.4. The number of aromatic nitrogens is 4. The van der Waals surface area contributed by atoms with Gasteiger partial charge in [0.2, 0.25) is 11.8 Å². The van der Waals surface area contributed by atoms with Crippen LogP contribution in [0.25, 0.3) is 11.2 Å². The number of nitrogens with two attached hydrogens (primary N) is 1. The summed E-state index contributed by atoms with van der Waals surface area (Å²) in [6, 6.07) is 7.07. The van der Waals surface area contributed by atoms with E-state index in [0.717, 1.165) is 5.56 Å². The Bertz CT molecular complexity index is 1500. The molecular formula is C24H27ClN5O9P. The molecule has 3 fully saturated rings. The first-order valence-electron chi connectivity index (χ1n) is 12.6. The molecule has 1 aromatic carbocycles. The summed E-state index contributed by atoms with van der Waals surface area (Å²) in [5.74, 6) is 0.171. The van der Waals surface area contributed by atoms with Gasteiger partial charge in [-0.1, -0.05) is 23.7 Å². The minimum atomic E-state index is -4.00. The van der Waals surface area contributed by atoms with Gasteiger partial charge in [0, 0.05) is 11.4 Å². The molecule has 0 saturated carbocycles. The number of benzene rings is 1. The molecule has 16 heteroatoms. The molecule has 14 nitrogen and oxygen atoms in total. The van der Waals surface area contributed by atoms with Gasteiger partial charge in [0.25, 0.3) is 0 Å². The summed E-state index contributed by atoms with van der Waals surface area (Å²) in [6.07, 6.45) is -2.53. The summed E-state index contributed by atoms with van der Waals surface area (Å²) in [5, 5.41) is 0.526. The molecule has 40 heavy (non-hydrogen) atoms. The predicted octanol–water partition coefficient (Wildman–Crippen LogP) is 4.34. The average molecular weight is 596 g/mol. The quantitative estimate of drug-likeness (QED) is 0.302. The molecule has 5 heterocycles. The summed E-state index contributed by atoms with van der Waals surface area (Å²) < 4.78 is 55.1. The van der Waals surface area contributed by atoms with Crippen LogP contribution in [0.5, 0.6) is 5.88 Å². The van der Waals surface area contributed by atoms with Gasteiger partial charge in [-0.2, -0.15) is 9.97 Å². The molecule has 0 spiro atoms. The van der Waals surface area contributed by atoms with E-state index in [9.17, 15) is 9.36 Å². The van der Waals surface area contributed by atoms with E-state index in [1.807, 2.05) is 19.9 Å². The Labute approximate surface area is 233 Å². The van der Waals surface area contributed by atoms with Crippen molar-refractivity contribution in [2.45, 2.75) is 63.4 Å². The SMILES string of the molecule is CC(C)Oc1nc(N)nc2ncn([C@@H]3O[C@H](CO[P@@]4(=O)OCC[C@@H](c5cccc(Cl)c5)O4)[C@H]4OC(=O)O[C@]43C)c12. The molecule has 3 aliphatic rings. The highest BCUT2D eigenvalue weighted by molar-refractivity contribution is 7.48. The highest BCUT2D eigenvalue weighted by Crippen LogP contribution is 2.58. The number of hydrogen-bond acceptors (Lipinski definition) is 13. The smallest absolute Gasteiger partial charge is 0.473 e. The van der Waals surface area contributed by atoms with Gasteiger partial charge < -0.3 is 24.7 Å². The molecule has 6 atom stereocenters. The number of halogens is 1. The van der Waals surface area contributed by atoms with E-state index in [1.165, 1.54) is 6.33 Å². The molecule has 3 saturated heterocycles. The van der Waals surface area contributed by atoms with Crippen LogP contribution < -0.4 is 10.5 Å². The van der Waals surface area contributed by atoms with Crippen LogP contribution in [0, 0.1) is 0 Å². The Kier molecular flexibility index (Phi) is 6.88. The normalized spacial score (nSPS) is 31.8. The lowest BCUT2D eigenvalue weighted by atomic mass is 9.96. The minimum absolute atomic E-state index is 0.0139. The summed E-state index contributed by atoms with van der Waals surface area (Å²) >= 11 is 6.11. The lowest BCUT2D eigenvalue weighted by molar-refractivity contribution is -0.0925. The van der Waals surface area contributed by atoms with E-state index in [0.29, 0.717) is 17.0 Å². The zero-order valence-electron chi connectivity index (χ0n) is 21.8. The van der Waals surface area contributed by atoms with E-state index >= 15 is 0 Å². The van der Waals surface area contributed by atoms with Gasteiger partial charge in [-0.05, 0) is 38.5 Å². The van der Waals surface area contributed by atoms with Crippen LogP contribution in [-0.2, 0) is 32.3 Å². The zero-order chi connectivity index (χ0) is 28.2. The maximum atomic E-state index is 13.4. The number of ether oxygens (including phenoxy) is 4. The van der Waals surface area contributed by atoms with Gasteiger partial charge >= 0.3 is 14.0 Å². The van der Waals surface area contributed by atoms with Crippen molar-refractivity contribution in [1.29, 1.82) is 0 Å². The molecule has 0 amide bonds. The van der Waals surface area contributed by atoms with Crippen LogP contribution in [0.15, 0.2) is 30.6 Å². The van der Waals surface area contributed by atoms with Crippen LogP contribution in [0.2, 0.25) is 5.02 Å². The lowest BCUT2D eigenvalue weighted by Crippen LogP contribution is -2.42. The third-order valence-corrected chi connectivity index (χ3v) is 8.45. The summed E-state index contributed by atoms with van der Waals surface area (Å²) in [6.45, 7) is 5.18. The van der Waals surface area contributed by atoms with E-state index in [-0.39, 0.29) is 36.8 Å². The second-order valence-corrected chi connectivity index (χ2v) is 12.1. The first-order chi connectivity index (χ1) is 19.0. The van der Waals surface area contributed by atoms with Crippen molar-refractivity contribution < 1.29 is 41.9 Å². The second kappa shape index (κ2) is 10.1. The van der Waals surface area contributed by atoms with Crippen molar-refractivity contribution in [3.05, 3.63) is 41.2 Å². The second-order valence-electron chi connectivity index (χ2n) is 9.99. The van der Waals surface area contributed by atoms with Crippen LogP contribution >= 0.6 is 19.4 Å². The number of anilines is 1. The average Bonchev–Trinajstić information content (AvgIpc) is 3.51.